The van der Waals surface area contributed by atoms with Gasteiger partial charge in [-0.3, -0.25) is 4.79 Å². The largest absolute Gasteiger partial charge is 0.299 e. The summed E-state index contributed by atoms with van der Waals surface area (Å²) in [6.45, 7) is 4.28. The van der Waals surface area contributed by atoms with E-state index >= 15 is 0 Å². The summed E-state index contributed by atoms with van der Waals surface area (Å²) in [7, 11) is 0. The number of hydrogen-bond acceptors (Lipinski definition) is 1. The van der Waals surface area contributed by atoms with E-state index in [1.165, 1.54) is 9.13 Å². The molecule has 1 fully saturated rings. The van der Waals surface area contributed by atoms with Gasteiger partial charge in [-0.2, -0.15) is 0 Å². The van der Waals surface area contributed by atoms with Crippen molar-refractivity contribution in [1.82, 2.24) is 0 Å². The van der Waals surface area contributed by atoms with E-state index in [4.69, 9.17) is 0 Å². The zero-order valence-corrected chi connectivity index (χ0v) is 12.0. The molecule has 0 amide bonds. The number of carbonyl (C=O) groups excluding carboxylic acids is 1. The van der Waals surface area contributed by atoms with Gasteiger partial charge >= 0.3 is 0 Å². The lowest BCUT2D eigenvalue weighted by Crippen LogP contribution is -2.47. The predicted octanol–water partition coefficient (Wildman–Crippen LogP) is 4.15. The third-order valence-electron chi connectivity index (χ3n) is 4.15. The average Bonchev–Trinajstić information content (AvgIpc) is 2.29. The highest BCUT2D eigenvalue weighted by molar-refractivity contribution is 14.1. The van der Waals surface area contributed by atoms with Crippen molar-refractivity contribution < 1.29 is 4.79 Å². The van der Waals surface area contributed by atoms with Crippen LogP contribution in [-0.4, -0.2) is 5.78 Å². The van der Waals surface area contributed by atoms with Crippen molar-refractivity contribution in [3.8, 4) is 0 Å². The summed E-state index contributed by atoms with van der Waals surface area (Å²) in [5.74, 6) is 0.908. The molecule has 0 spiro atoms. The number of hydrogen-bond donors (Lipinski definition) is 0. The van der Waals surface area contributed by atoms with Crippen LogP contribution in [-0.2, 0) is 4.79 Å². The first-order valence-electron chi connectivity index (χ1n) is 5.93. The summed E-state index contributed by atoms with van der Waals surface area (Å²) in [4.78, 5) is 11.9. The van der Waals surface area contributed by atoms with E-state index in [0.717, 1.165) is 19.3 Å². The molecular weight excluding hydrogens is 311 g/mol. The summed E-state index contributed by atoms with van der Waals surface area (Å²) < 4.78 is 1.30. The fraction of sp³-hybridized carbons (Fsp3) is 0.500. The SMILES string of the molecule is CCC1(CC)C(=O)CC1c1ccccc1I. The number of halogens is 1. The number of carbonyl (C=O) groups is 1. The van der Waals surface area contributed by atoms with Crippen LogP contribution in [0.5, 0.6) is 0 Å². The van der Waals surface area contributed by atoms with Crippen molar-refractivity contribution >= 4 is 28.4 Å². The van der Waals surface area contributed by atoms with Gasteiger partial charge in [0.15, 0.2) is 0 Å². The van der Waals surface area contributed by atoms with Crippen molar-refractivity contribution in [2.24, 2.45) is 5.41 Å². The first-order valence-corrected chi connectivity index (χ1v) is 7.01. The van der Waals surface area contributed by atoms with Gasteiger partial charge in [0.2, 0.25) is 0 Å². The van der Waals surface area contributed by atoms with Gasteiger partial charge in [-0.1, -0.05) is 32.0 Å². The van der Waals surface area contributed by atoms with Crippen LogP contribution in [0, 0.1) is 8.99 Å². The second-order valence-corrected chi connectivity index (χ2v) is 5.73. The molecular formula is C14H17IO. The van der Waals surface area contributed by atoms with Gasteiger partial charge in [0.05, 0.1) is 0 Å². The van der Waals surface area contributed by atoms with E-state index in [0.29, 0.717) is 11.7 Å². The Balaban J connectivity index is 2.37. The Morgan fingerprint density at radius 2 is 1.94 bits per heavy atom. The molecule has 1 unspecified atom stereocenters. The molecule has 0 radical (unpaired) electrons. The van der Waals surface area contributed by atoms with Crippen molar-refractivity contribution in [3.05, 3.63) is 33.4 Å². The van der Waals surface area contributed by atoms with Crippen LogP contribution in [0.25, 0.3) is 0 Å². The van der Waals surface area contributed by atoms with Crippen LogP contribution >= 0.6 is 22.6 Å². The molecule has 1 aromatic carbocycles. The Bertz CT molecular complexity index is 407. The topological polar surface area (TPSA) is 17.1 Å². The Morgan fingerprint density at radius 1 is 1.31 bits per heavy atom. The maximum atomic E-state index is 11.9. The predicted molar refractivity (Wildman–Crippen MR) is 74.5 cm³/mol. The minimum atomic E-state index is -0.0682. The Kier molecular flexibility index (Phi) is 3.38. The summed E-state index contributed by atoms with van der Waals surface area (Å²) >= 11 is 2.38. The highest BCUT2D eigenvalue weighted by Crippen LogP contribution is 2.55. The quantitative estimate of drug-likeness (QED) is 0.762. The van der Waals surface area contributed by atoms with E-state index < -0.39 is 0 Å². The van der Waals surface area contributed by atoms with Crippen LogP contribution in [0.1, 0.15) is 44.6 Å². The molecule has 2 heteroatoms. The van der Waals surface area contributed by atoms with Gasteiger partial charge in [-0.25, -0.2) is 0 Å². The van der Waals surface area contributed by atoms with Gasteiger partial charge in [0.1, 0.15) is 5.78 Å². The fourth-order valence-corrected chi connectivity index (χ4v) is 3.71. The monoisotopic (exact) mass is 328 g/mol. The van der Waals surface area contributed by atoms with E-state index in [2.05, 4.69) is 60.7 Å². The first-order chi connectivity index (χ1) is 7.65. The number of rotatable bonds is 3. The molecule has 1 aliphatic carbocycles. The summed E-state index contributed by atoms with van der Waals surface area (Å²) in [5.41, 5.74) is 1.30. The third kappa shape index (κ3) is 1.62. The number of benzene rings is 1. The van der Waals surface area contributed by atoms with Crippen LogP contribution in [0.3, 0.4) is 0 Å². The normalized spacial score (nSPS) is 22.9. The lowest BCUT2D eigenvalue weighted by Gasteiger charge is -2.47. The van der Waals surface area contributed by atoms with Crippen LogP contribution in [0.4, 0.5) is 0 Å². The molecule has 0 N–H and O–H groups in total. The lowest BCUT2D eigenvalue weighted by molar-refractivity contribution is -0.141. The lowest BCUT2D eigenvalue weighted by atomic mass is 9.54. The molecule has 1 aromatic rings. The van der Waals surface area contributed by atoms with E-state index in [-0.39, 0.29) is 5.41 Å². The van der Waals surface area contributed by atoms with E-state index in [9.17, 15) is 4.79 Å². The fourth-order valence-electron chi connectivity index (χ4n) is 2.95. The van der Waals surface area contributed by atoms with Crippen LogP contribution < -0.4 is 0 Å². The average molecular weight is 328 g/mol. The maximum absolute atomic E-state index is 11.9. The van der Waals surface area contributed by atoms with Crippen molar-refractivity contribution in [3.63, 3.8) is 0 Å². The molecule has 1 saturated carbocycles. The van der Waals surface area contributed by atoms with Gasteiger partial charge in [-0.15, -0.1) is 0 Å². The first kappa shape index (κ1) is 12.1. The molecule has 16 heavy (non-hydrogen) atoms. The summed E-state index contributed by atoms with van der Waals surface area (Å²) in [6.07, 6.45) is 2.68. The molecule has 2 rings (SSSR count). The minimum absolute atomic E-state index is 0.0682. The molecule has 86 valence electrons. The Hall–Kier alpha value is -0.380. The second-order valence-electron chi connectivity index (χ2n) is 4.56. The van der Waals surface area contributed by atoms with Crippen LogP contribution in [0.15, 0.2) is 24.3 Å². The molecule has 1 nitrogen and oxygen atoms in total. The Labute approximate surface area is 111 Å². The highest BCUT2D eigenvalue weighted by atomic mass is 127. The van der Waals surface area contributed by atoms with E-state index in [1.807, 2.05) is 0 Å². The van der Waals surface area contributed by atoms with Gasteiger partial charge in [0.25, 0.3) is 0 Å². The van der Waals surface area contributed by atoms with Crippen molar-refractivity contribution in [2.45, 2.75) is 39.0 Å². The Morgan fingerprint density at radius 3 is 2.44 bits per heavy atom. The molecule has 0 aliphatic heterocycles. The van der Waals surface area contributed by atoms with E-state index in [1.54, 1.807) is 0 Å². The summed E-state index contributed by atoms with van der Waals surface area (Å²) in [6, 6.07) is 8.45. The number of Topliss-reactive ketones (excluding diaryl/α,β-unsaturated/α-hetero) is 1. The maximum Gasteiger partial charge on any atom is 0.140 e. The third-order valence-corrected chi connectivity index (χ3v) is 5.14. The second kappa shape index (κ2) is 4.47. The van der Waals surface area contributed by atoms with Gasteiger partial charge in [-0.05, 0) is 47.1 Å². The number of ketones is 1. The molecule has 1 atom stereocenters. The molecule has 0 saturated heterocycles. The van der Waals surface area contributed by atoms with Gasteiger partial charge in [0, 0.05) is 21.3 Å². The van der Waals surface area contributed by atoms with Crippen molar-refractivity contribution in [1.29, 1.82) is 0 Å². The zero-order valence-electron chi connectivity index (χ0n) is 9.79. The van der Waals surface area contributed by atoms with Crippen molar-refractivity contribution in [2.75, 3.05) is 0 Å². The molecule has 0 heterocycles. The smallest absolute Gasteiger partial charge is 0.140 e. The zero-order chi connectivity index (χ0) is 11.8. The molecule has 0 bridgehead atoms. The van der Waals surface area contributed by atoms with Crippen LogP contribution in [0.2, 0.25) is 0 Å². The minimum Gasteiger partial charge on any atom is -0.299 e. The summed E-state index contributed by atoms with van der Waals surface area (Å²) in [5, 5.41) is 0. The molecule has 1 aliphatic rings. The molecule has 0 aromatic heterocycles. The highest BCUT2D eigenvalue weighted by Gasteiger charge is 2.52. The standard InChI is InChI=1S/C14H17IO/c1-3-14(4-2)11(9-13(14)16)10-7-5-6-8-12(10)15/h5-8,11H,3-4,9H2,1-2H3. The van der Waals surface area contributed by atoms with Gasteiger partial charge < -0.3 is 0 Å².